The molecule has 36 heavy (non-hydrogen) atoms. The third-order valence-electron chi connectivity index (χ3n) is 6.55. The summed E-state index contributed by atoms with van der Waals surface area (Å²) in [6.45, 7) is 3.52. The third-order valence-corrected chi connectivity index (χ3v) is 6.55. The van der Waals surface area contributed by atoms with E-state index in [0.717, 1.165) is 0 Å². The highest BCUT2D eigenvalue weighted by Gasteiger charge is 2.36. The summed E-state index contributed by atoms with van der Waals surface area (Å²) >= 11 is 0. The monoisotopic (exact) mass is 482 g/mol. The molecule has 4 aromatic rings. The summed E-state index contributed by atoms with van der Waals surface area (Å²) in [7, 11) is 0. The molecule has 180 valence electrons. The van der Waals surface area contributed by atoms with Crippen molar-refractivity contribution in [2.75, 3.05) is 0 Å². The number of benzene rings is 3. The van der Waals surface area contributed by atoms with Gasteiger partial charge in [0, 0.05) is 28.7 Å². The number of rotatable bonds is 5. The van der Waals surface area contributed by atoms with Crippen LogP contribution in [0.2, 0.25) is 0 Å². The highest BCUT2D eigenvalue weighted by Crippen LogP contribution is 2.38. The number of ketones is 2. The summed E-state index contributed by atoms with van der Waals surface area (Å²) in [5.74, 6) is -1.78. The van der Waals surface area contributed by atoms with Crippen molar-refractivity contribution >= 4 is 28.5 Å². The number of phenolic OH excluding ortho intramolecular Hbond substituents is 1. The highest BCUT2D eigenvalue weighted by molar-refractivity contribution is 6.32. The fourth-order valence-electron chi connectivity index (χ4n) is 4.43. The highest BCUT2D eigenvalue weighted by atomic mass is 16.5. The van der Waals surface area contributed by atoms with Crippen LogP contribution in [0.5, 0.6) is 5.75 Å². The van der Waals surface area contributed by atoms with Gasteiger partial charge in [0.2, 0.25) is 5.78 Å². The first-order valence-electron chi connectivity index (χ1n) is 11.6. The number of hydrogen-bond acceptors (Lipinski definition) is 7. The summed E-state index contributed by atoms with van der Waals surface area (Å²) in [4.78, 5) is 52.8. The van der Waals surface area contributed by atoms with Crippen molar-refractivity contribution in [3.8, 4) is 5.75 Å². The van der Waals surface area contributed by atoms with Gasteiger partial charge in [-0.1, -0.05) is 44.2 Å². The van der Waals surface area contributed by atoms with E-state index < -0.39 is 23.0 Å². The second-order valence-electron chi connectivity index (χ2n) is 8.78. The molecule has 3 aromatic carbocycles. The van der Waals surface area contributed by atoms with Crippen molar-refractivity contribution in [3.63, 3.8) is 0 Å². The van der Waals surface area contributed by atoms with Gasteiger partial charge in [0.1, 0.15) is 23.7 Å². The summed E-state index contributed by atoms with van der Waals surface area (Å²) in [5, 5.41) is 10.4. The van der Waals surface area contributed by atoms with E-state index in [1.165, 1.54) is 30.3 Å². The summed E-state index contributed by atoms with van der Waals surface area (Å²) in [6.07, 6.45) is 0.682. The molecule has 0 spiro atoms. The number of hydrogen-bond donors (Lipinski definition) is 1. The minimum absolute atomic E-state index is 0.0285. The van der Waals surface area contributed by atoms with Crippen LogP contribution in [0, 0.1) is 0 Å². The number of fused-ring (bicyclic) bond motifs is 4. The van der Waals surface area contributed by atoms with Crippen molar-refractivity contribution in [2.24, 2.45) is 0 Å². The Bertz CT molecular complexity index is 1610. The fraction of sp³-hybridized carbons (Fsp3) is 0.172. The van der Waals surface area contributed by atoms with Crippen LogP contribution in [0.4, 0.5) is 0 Å². The standard InChI is InChI=1S/C29H22O7/c1-3-15(2)22-13-21(31)23-17(14-35-29(34)16-8-5-4-6-9-16)12-19-25(28(23)36-22)27(33)24-18(26(19)32)10-7-11-20(24)30/h4-13,15,30H,3,14H2,1-2H3/t15-/m0/s1. The van der Waals surface area contributed by atoms with E-state index in [-0.39, 0.29) is 57.1 Å². The van der Waals surface area contributed by atoms with Crippen LogP contribution < -0.4 is 5.43 Å². The molecule has 0 bridgehead atoms. The molecule has 0 fully saturated rings. The third kappa shape index (κ3) is 3.69. The van der Waals surface area contributed by atoms with Crippen LogP contribution in [0.15, 0.2) is 69.9 Å². The molecular formula is C29H22O7. The van der Waals surface area contributed by atoms with Gasteiger partial charge in [-0.3, -0.25) is 14.4 Å². The first-order valence-corrected chi connectivity index (χ1v) is 11.6. The summed E-state index contributed by atoms with van der Waals surface area (Å²) in [5.41, 5.74) is 0.00126. The van der Waals surface area contributed by atoms with E-state index >= 15 is 0 Å². The van der Waals surface area contributed by atoms with Gasteiger partial charge in [0.25, 0.3) is 0 Å². The lowest BCUT2D eigenvalue weighted by atomic mass is 9.81. The van der Waals surface area contributed by atoms with E-state index in [2.05, 4.69) is 0 Å². The molecule has 1 aromatic heterocycles. The van der Waals surface area contributed by atoms with Crippen molar-refractivity contribution in [3.05, 3.63) is 110 Å². The maximum absolute atomic E-state index is 13.6. The minimum atomic E-state index is -0.611. The topological polar surface area (TPSA) is 111 Å². The maximum Gasteiger partial charge on any atom is 0.338 e. The fourth-order valence-corrected chi connectivity index (χ4v) is 4.43. The summed E-state index contributed by atoms with van der Waals surface area (Å²) in [6, 6.07) is 15.4. The van der Waals surface area contributed by atoms with Gasteiger partial charge in [0.05, 0.1) is 22.1 Å². The van der Waals surface area contributed by atoms with Crippen LogP contribution >= 0.6 is 0 Å². The molecule has 0 amide bonds. The Morgan fingerprint density at radius 1 is 0.944 bits per heavy atom. The molecule has 1 aliphatic rings. The second kappa shape index (κ2) is 8.92. The molecule has 0 unspecified atom stereocenters. The quantitative estimate of drug-likeness (QED) is 0.345. The summed E-state index contributed by atoms with van der Waals surface area (Å²) < 4.78 is 11.6. The molecule has 0 saturated heterocycles. The zero-order valence-electron chi connectivity index (χ0n) is 19.7. The van der Waals surface area contributed by atoms with Gasteiger partial charge in [-0.2, -0.15) is 0 Å². The SMILES string of the molecule is CC[C@H](C)c1cc(=O)c2c(COC(=O)c3ccccc3)cc3c(c2o1)C(=O)c1c(O)cccc1C3=O. The lowest BCUT2D eigenvalue weighted by Gasteiger charge is -2.21. The Morgan fingerprint density at radius 3 is 2.42 bits per heavy atom. The smallest absolute Gasteiger partial charge is 0.338 e. The van der Waals surface area contributed by atoms with Crippen LogP contribution in [0.3, 0.4) is 0 Å². The Morgan fingerprint density at radius 2 is 1.69 bits per heavy atom. The van der Waals surface area contributed by atoms with Gasteiger partial charge in [-0.05, 0) is 30.7 Å². The molecule has 0 radical (unpaired) electrons. The molecule has 5 rings (SSSR count). The van der Waals surface area contributed by atoms with Crippen LogP contribution in [-0.2, 0) is 11.3 Å². The molecular weight excluding hydrogens is 460 g/mol. The predicted octanol–water partition coefficient (Wildman–Crippen LogP) is 5.14. The van der Waals surface area contributed by atoms with E-state index in [1.807, 2.05) is 13.8 Å². The second-order valence-corrected chi connectivity index (χ2v) is 8.78. The number of esters is 1. The Labute approximate surface area is 205 Å². The van der Waals surface area contributed by atoms with Crippen molar-refractivity contribution in [2.45, 2.75) is 32.8 Å². The minimum Gasteiger partial charge on any atom is -0.507 e. The molecule has 1 N–H and O–H groups in total. The first kappa shape index (κ1) is 23.2. The molecule has 7 nitrogen and oxygen atoms in total. The van der Waals surface area contributed by atoms with Gasteiger partial charge >= 0.3 is 5.97 Å². The number of aromatic hydroxyl groups is 1. The normalized spacial score (nSPS) is 13.3. The van der Waals surface area contributed by atoms with Gasteiger partial charge in [-0.15, -0.1) is 0 Å². The van der Waals surface area contributed by atoms with Crippen LogP contribution in [0.1, 0.15) is 79.7 Å². The van der Waals surface area contributed by atoms with E-state index in [0.29, 0.717) is 17.7 Å². The Balaban J connectivity index is 1.73. The molecule has 7 heteroatoms. The van der Waals surface area contributed by atoms with E-state index in [4.69, 9.17) is 9.15 Å². The molecule has 1 heterocycles. The van der Waals surface area contributed by atoms with E-state index in [1.54, 1.807) is 30.3 Å². The van der Waals surface area contributed by atoms with Gasteiger partial charge < -0.3 is 14.3 Å². The Kier molecular flexibility index (Phi) is 5.76. The van der Waals surface area contributed by atoms with Crippen LogP contribution in [-0.4, -0.2) is 22.6 Å². The number of ether oxygens (including phenoxy) is 1. The molecule has 1 atom stereocenters. The average Bonchev–Trinajstić information content (AvgIpc) is 2.89. The molecule has 0 aliphatic heterocycles. The van der Waals surface area contributed by atoms with Crippen molar-refractivity contribution in [1.29, 1.82) is 0 Å². The lowest BCUT2D eigenvalue weighted by Crippen LogP contribution is -2.23. The van der Waals surface area contributed by atoms with Gasteiger partial charge in [0.15, 0.2) is 11.2 Å². The maximum atomic E-state index is 13.6. The van der Waals surface area contributed by atoms with Crippen LogP contribution in [0.25, 0.3) is 11.0 Å². The number of carbonyl (C=O) groups excluding carboxylic acids is 3. The largest absolute Gasteiger partial charge is 0.507 e. The zero-order chi connectivity index (χ0) is 25.6. The lowest BCUT2D eigenvalue weighted by molar-refractivity contribution is 0.0474. The molecule has 1 aliphatic carbocycles. The number of phenols is 1. The zero-order valence-corrected chi connectivity index (χ0v) is 19.7. The predicted molar refractivity (Wildman–Crippen MR) is 132 cm³/mol. The average molecular weight is 482 g/mol. The first-order chi connectivity index (χ1) is 17.3. The van der Waals surface area contributed by atoms with Gasteiger partial charge in [-0.25, -0.2) is 4.79 Å². The van der Waals surface area contributed by atoms with Crippen molar-refractivity contribution < 1.29 is 28.6 Å². The molecule has 0 saturated carbocycles. The Hall–Kier alpha value is -4.52. The van der Waals surface area contributed by atoms with Crippen molar-refractivity contribution in [1.82, 2.24) is 0 Å². The number of carbonyl (C=O) groups is 3. The van der Waals surface area contributed by atoms with E-state index in [9.17, 15) is 24.3 Å².